The van der Waals surface area contributed by atoms with Crippen molar-refractivity contribution in [3.63, 3.8) is 0 Å². The van der Waals surface area contributed by atoms with Crippen LogP contribution in [0.15, 0.2) is 48.5 Å². The topological polar surface area (TPSA) is 79.6 Å². The third kappa shape index (κ3) is 4.28. The molecule has 2 aromatic carbocycles. The number of para-hydroxylation sites is 1. The molecule has 150 valence electrons. The number of carbonyl (C=O) groups excluding carboxylic acids is 1. The van der Waals surface area contributed by atoms with E-state index in [4.69, 9.17) is 4.98 Å². The van der Waals surface area contributed by atoms with Crippen LogP contribution in [0.25, 0.3) is 10.2 Å². The zero-order valence-electron chi connectivity index (χ0n) is 16.2. The van der Waals surface area contributed by atoms with Crippen molar-refractivity contribution >= 4 is 38.8 Å². The highest BCUT2D eigenvalue weighted by atomic mass is 32.1. The van der Waals surface area contributed by atoms with Crippen LogP contribution in [0.2, 0.25) is 0 Å². The fourth-order valence-electron chi connectivity index (χ4n) is 3.64. The first kappa shape index (κ1) is 19.5. The van der Waals surface area contributed by atoms with E-state index in [0.29, 0.717) is 18.2 Å². The molecule has 2 heterocycles. The second kappa shape index (κ2) is 8.26. The van der Waals surface area contributed by atoms with E-state index in [1.807, 2.05) is 12.1 Å². The fourth-order valence-corrected chi connectivity index (χ4v) is 4.78. The third-order valence-electron chi connectivity index (χ3n) is 5.43. The zero-order valence-corrected chi connectivity index (χ0v) is 17.0. The van der Waals surface area contributed by atoms with Crippen molar-refractivity contribution in [3.8, 4) is 0 Å². The van der Waals surface area contributed by atoms with E-state index in [1.54, 1.807) is 35.4 Å². The van der Waals surface area contributed by atoms with Crippen molar-refractivity contribution in [1.29, 1.82) is 0 Å². The number of nitro groups is 1. The van der Waals surface area contributed by atoms with Crippen molar-refractivity contribution in [2.24, 2.45) is 0 Å². The van der Waals surface area contributed by atoms with Crippen molar-refractivity contribution in [2.75, 3.05) is 31.6 Å². The number of amides is 1. The lowest BCUT2D eigenvalue weighted by Crippen LogP contribution is -2.42. The van der Waals surface area contributed by atoms with Crippen LogP contribution in [0.5, 0.6) is 0 Å². The Kier molecular flexibility index (Phi) is 5.55. The van der Waals surface area contributed by atoms with Crippen LogP contribution in [-0.4, -0.2) is 47.4 Å². The molecule has 1 aromatic heterocycles. The molecule has 29 heavy (non-hydrogen) atoms. The van der Waals surface area contributed by atoms with Gasteiger partial charge in [-0.05, 0) is 50.2 Å². The molecular weight excluding hydrogens is 388 g/mol. The van der Waals surface area contributed by atoms with Crippen LogP contribution in [-0.2, 0) is 4.79 Å². The summed E-state index contributed by atoms with van der Waals surface area (Å²) in [5.41, 5.74) is 1.74. The van der Waals surface area contributed by atoms with Crippen LogP contribution in [0.1, 0.15) is 23.8 Å². The number of likely N-dealkylation sites (tertiary alicyclic amines) is 1. The highest BCUT2D eigenvalue weighted by Gasteiger charge is 2.25. The van der Waals surface area contributed by atoms with Crippen LogP contribution < -0.4 is 4.90 Å². The molecule has 1 aliphatic heterocycles. The Labute approximate surface area is 172 Å². The number of rotatable bonds is 5. The number of piperidine rings is 1. The summed E-state index contributed by atoms with van der Waals surface area (Å²) < 4.78 is 1.23. The molecule has 0 saturated carbocycles. The molecule has 1 saturated heterocycles. The molecular formula is C21H22N4O3S. The quantitative estimate of drug-likeness (QED) is 0.468. The van der Waals surface area contributed by atoms with Gasteiger partial charge in [-0.2, -0.15) is 0 Å². The first-order chi connectivity index (χ1) is 14.0. The van der Waals surface area contributed by atoms with Crippen LogP contribution in [0, 0.1) is 10.1 Å². The Balaban J connectivity index is 1.32. The Bertz CT molecular complexity index is 993. The van der Waals surface area contributed by atoms with Gasteiger partial charge in [-0.25, -0.2) is 4.98 Å². The van der Waals surface area contributed by atoms with Gasteiger partial charge in [0.15, 0.2) is 0 Å². The number of hydrogen-bond donors (Lipinski definition) is 0. The normalized spacial score (nSPS) is 15.5. The number of nitro benzene ring substituents is 1. The molecule has 4 rings (SSSR count). The number of benzene rings is 2. The molecule has 0 aliphatic carbocycles. The minimum atomic E-state index is -0.443. The Morgan fingerprint density at radius 2 is 1.90 bits per heavy atom. The SMILES string of the molecule is CN(C(=O)CN1CCC(c2nc3ccccc3s2)CC1)c1ccc([N+](=O)[O-])cc1. The maximum atomic E-state index is 12.6. The van der Waals surface area contributed by atoms with E-state index in [1.165, 1.54) is 21.8 Å². The number of carbonyl (C=O) groups is 1. The van der Waals surface area contributed by atoms with Gasteiger partial charge in [0.05, 0.1) is 26.7 Å². The largest absolute Gasteiger partial charge is 0.314 e. The molecule has 8 heteroatoms. The minimum absolute atomic E-state index is 0.0164. The van der Waals surface area contributed by atoms with E-state index < -0.39 is 4.92 Å². The molecule has 3 aromatic rings. The second-order valence-electron chi connectivity index (χ2n) is 7.30. The maximum Gasteiger partial charge on any atom is 0.269 e. The minimum Gasteiger partial charge on any atom is -0.314 e. The van der Waals surface area contributed by atoms with Crippen molar-refractivity contribution in [1.82, 2.24) is 9.88 Å². The fraction of sp³-hybridized carbons (Fsp3) is 0.333. The standard InChI is InChI=1S/C21H22N4O3S/c1-23(16-6-8-17(9-7-16)25(27)28)20(26)14-24-12-10-15(11-13-24)21-22-18-4-2-3-5-19(18)29-21/h2-9,15H,10-14H2,1H3. The number of aromatic nitrogens is 1. The van der Waals surface area contributed by atoms with Gasteiger partial charge in [0.1, 0.15) is 0 Å². The first-order valence-corrected chi connectivity index (χ1v) is 10.4. The number of thiazole rings is 1. The zero-order chi connectivity index (χ0) is 20.4. The van der Waals surface area contributed by atoms with Gasteiger partial charge in [0, 0.05) is 30.8 Å². The van der Waals surface area contributed by atoms with Gasteiger partial charge in [0.25, 0.3) is 5.69 Å². The van der Waals surface area contributed by atoms with Crippen LogP contribution in [0.3, 0.4) is 0 Å². The average molecular weight is 410 g/mol. The van der Waals surface area contributed by atoms with E-state index in [2.05, 4.69) is 17.0 Å². The number of nitrogens with zero attached hydrogens (tertiary/aromatic N) is 4. The summed E-state index contributed by atoms with van der Waals surface area (Å²) >= 11 is 1.77. The average Bonchev–Trinajstić information content (AvgIpc) is 3.18. The number of anilines is 1. The van der Waals surface area contributed by atoms with Crippen molar-refractivity contribution in [3.05, 3.63) is 63.7 Å². The van der Waals surface area contributed by atoms with E-state index >= 15 is 0 Å². The number of non-ortho nitro benzene ring substituents is 1. The first-order valence-electron chi connectivity index (χ1n) is 9.60. The lowest BCUT2D eigenvalue weighted by atomic mass is 9.97. The summed E-state index contributed by atoms with van der Waals surface area (Å²) in [4.78, 5) is 31.5. The van der Waals surface area contributed by atoms with Gasteiger partial charge in [0.2, 0.25) is 5.91 Å². The van der Waals surface area contributed by atoms with Gasteiger partial charge < -0.3 is 4.90 Å². The predicted molar refractivity (Wildman–Crippen MR) is 115 cm³/mol. The van der Waals surface area contributed by atoms with E-state index in [9.17, 15) is 14.9 Å². The molecule has 0 radical (unpaired) electrons. The van der Waals surface area contributed by atoms with Gasteiger partial charge in [-0.3, -0.25) is 19.8 Å². The van der Waals surface area contributed by atoms with Crippen LogP contribution >= 0.6 is 11.3 Å². The molecule has 0 atom stereocenters. The van der Waals surface area contributed by atoms with E-state index in [0.717, 1.165) is 31.4 Å². The van der Waals surface area contributed by atoms with Crippen molar-refractivity contribution in [2.45, 2.75) is 18.8 Å². The van der Waals surface area contributed by atoms with Gasteiger partial charge in [-0.1, -0.05) is 12.1 Å². The predicted octanol–water partition coefficient (Wildman–Crippen LogP) is 4.05. The van der Waals surface area contributed by atoms with Crippen LogP contribution in [0.4, 0.5) is 11.4 Å². The van der Waals surface area contributed by atoms with Gasteiger partial charge >= 0.3 is 0 Å². The summed E-state index contributed by atoms with van der Waals surface area (Å²) in [5.74, 6) is 0.434. The smallest absolute Gasteiger partial charge is 0.269 e. The highest BCUT2D eigenvalue weighted by molar-refractivity contribution is 7.18. The molecule has 0 bridgehead atoms. The van der Waals surface area contributed by atoms with Gasteiger partial charge in [-0.15, -0.1) is 11.3 Å². The maximum absolute atomic E-state index is 12.6. The summed E-state index contributed by atoms with van der Waals surface area (Å²) in [6.45, 7) is 2.07. The number of likely N-dealkylation sites (N-methyl/N-ethyl adjacent to an activating group) is 1. The molecule has 1 amide bonds. The third-order valence-corrected chi connectivity index (χ3v) is 6.63. The molecule has 1 aliphatic rings. The number of fused-ring (bicyclic) bond motifs is 1. The molecule has 1 fully saturated rings. The Morgan fingerprint density at radius 3 is 2.55 bits per heavy atom. The Morgan fingerprint density at radius 1 is 1.21 bits per heavy atom. The lowest BCUT2D eigenvalue weighted by Gasteiger charge is -2.31. The summed E-state index contributed by atoms with van der Waals surface area (Å²) in [5, 5.41) is 12.0. The highest BCUT2D eigenvalue weighted by Crippen LogP contribution is 2.33. The molecule has 0 spiro atoms. The van der Waals surface area contributed by atoms with E-state index in [-0.39, 0.29) is 11.6 Å². The number of hydrogen-bond acceptors (Lipinski definition) is 6. The second-order valence-corrected chi connectivity index (χ2v) is 8.36. The summed E-state index contributed by atoms with van der Waals surface area (Å²) in [7, 11) is 1.71. The molecule has 0 N–H and O–H groups in total. The lowest BCUT2D eigenvalue weighted by molar-refractivity contribution is -0.384. The molecule has 0 unspecified atom stereocenters. The summed E-state index contributed by atoms with van der Waals surface area (Å²) in [6.07, 6.45) is 1.99. The monoisotopic (exact) mass is 410 g/mol. The summed E-state index contributed by atoms with van der Waals surface area (Å²) in [6, 6.07) is 14.3. The molecule has 7 nitrogen and oxygen atoms in total. The Hall–Kier alpha value is -2.84. The van der Waals surface area contributed by atoms with Crippen molar-refractivity contribution < 1.29 is 9.72 Å².